The Morgan fingerprint density at radius 3 is 2.57 bits per heavy atom. The normalized spacial score (nSPS) is 12.6. The Bertz CT molecular complexity index is 610. The van der Waals surface area contributed by atoms with Crippen LogP contribution in [0, 0.1) is 17.5 Å². The Morgan fingerprint density at radius 1 is 1.14 bits per heavy atom. The van der Waals surface area contributed by atoms with Crippen LogP contribution in [0.25, 0.3) is 10.4 Å². The van der Waals surface area contributed by atoms with Crippen LogP contribution in [-0.2, 0) is 0 Å². The van der Waals surface area contributed by atoms with Crippen molar-refractivity contribution in [3.05, 3.63) is 46.6 Å². The van der Waals surface area contributed by atoms with Crippen molar-refractivity contribution < 1.29 is 13.2 Å². The molecular weight excluding hydrogens is 295 g/mol. The van der Waals surface area contributed by atoms with Gasteiger partial charge in [0.05, 0.1) is 0 Å². The highest BCUT2D eigenvalue weighted by Gasteiger charge is 2.17. The van der Waals surface area contributed by atoms with E-state index >= 15 is 0 Å². The van der Waals surface area contributed by atoms with E-state index < -0.39 is 17.5 Å². The van der Waals surface area contributed by atoms with E-state index in [4.69, 9.17) is 0 Å². The first-order valence-electron chi connectivity index (χ1n) is 7.04. The second-order valence-corrected chi connectivity index (χ2v) is 5.98. The molecule has 1 aromatic heterocycles. The van der Waals surface area contributed by atoms with E-state index in [1.54, 1.807) is 6.07 Å². The molecule has 2 rings (SSSR count). The van der Waals surface area contributed by atoms with Gasteiger partial charge in [-0.25, -0.2) is 13.2 Å². The van der Waals surface area contributed by atoms with Gasteiger partial charge in [-0.2, -0.15) is 0 Å². The van der Waals surface area contributed by atoms with Crippen LogP contribution in [0.4, 0.5) is 13.2 Å². The summed E-state index contributed by atoms with van der Waals surface area (Å²) in [6, 6.07) is 5.39. The molecule has 0 aliphatic carbocycles. The van der Waals surface area contributed by atoms with E-state index in [9.17, 15) is 13.2 Å². The minimum Gasteiger partial charge on any atom is -0.309 e. The Morgan fingerprint density at radius 2 is 1.90 bits per heavy atom. The van der Waals surface area contributed by atoms with Gasteiger partial charge in [0, 0.05) is 27.4 Å². The molecule has 0 aliphatic rings. The number of hydrogen-bond donors (Lipinski definition) is 1. The summed E-state index contributed by atoms with van der Waals surface area (Å²) in [6.07, 6.45) is 1.93. The molecule has 0 radical (unpaired) electrons. The summed E-state index contributed by atoms with van der Waals surface area (Å²) >= 11 is 1.36. The monoisotopic (exact) mass is 313 g/mol. The van der Waals surface area contributed by atoms with Gasteiger partial charge in [0.25, 0.3) is 0 Å². The van der Waals surface area contributed by atoms with Gasteiger partial charge in [-0.05, 0) is 37.6 Å². The Hall–Kier alpha value is -1.33. The zero-order chi connectivity index (χ0) is 15.4. The molecule has 1 nitrogen and oxygen atoms in total. The van der Waals surface area contributed by atoms with E-state index in [0.717, 1.165) is 30.3 Å². The lowest BCUT2D eigenvalue weighted by Gasteiger charge is -2.14. The SMILES string of the molecule is CCCNC(CC)c1ccc(-c2cc(F)cc(F)c2F)s1. The first-order chi connectivity index (χ1) is 10.1. The summed E-state index contributed by atoms with van der Waals surface area (Å²) in [4.78, 5) is 1.59. The van der Waals surface area contributed by atoms with Gasteiger partial charge < -0.3 is 5.32 Å². The van der Waals surface area contributed by atoms with Gasteiger partial charge >= 0.3 is 0 Å². The number of thiophene rings is 1. The predicted octanol–water partition coefficient (Wildman–Crippen LogP) is 5.28. The fraction of sp³-hybridized carbons (Fsp3) is 0.375. The van der Waals surface area contributed by atoms with E-state index in [-0.39, 0.29) is 11.6 Å². The molecule has 0 spiro atoms. The average molecular weight is 313 g/mol. The van der Waals surface area contributed by atoms with Crippen LogP contribution < -0.4 is 5.32 Å². The van der Waals surface area contributed by atoms with E-state index in [2.05, 4.69) is 19.2 Å². The molecule has 5 heteroatoms. The molecule has 0 bridgehead atoms. The third kappa shape index (κ3) is 3.66. The van der Waals surface area contributed by atoms with Crippen molar-refractivity contribution in [1.82, 2.24) is 5.32 Å². The van der Waals surface area contributed by atoms with Crippen molar-refractivity contribution in [3.63, 3.8) is 0 Å². The van der Waals surface area contributed by atoms with Crippen LogP contribution in [0.3, 0.4) is 0 Å². The maximum atomic E-state index is 13.8. The molecule has 21 heavy (non-hydrogen) atoms. The molecule has 0 amide bonds. The average Bonchev–Trinajstić information content (AvgIpc) is 2.93. The van der Waals surface area contributed by atoms with Crippen molar-refractivity contribution in [1.29, 1.82) is 0 Å². The lowest BCUT2D eigenvalue weighted by Crippen LogP contribution is -2.20. The predicted molar refractivity (Wildman–Crippen MR) is 81.0 cm³/mol. The van der Waals surface area contributed by atoms with Crippen LogP contribution in [0.15, 0.2) is 24.3 Å². The third-order valence-electron chi connectivity index (χ3n) is 3.28. The summed E-state index contributed by atoms with van der Waals surface area (Å²) in [5.74, 6) is -2.93. The number of rotatable bonds is 6. The standard InChI is InChI=1S/C16H18F3NS/c1-3-7-20-13(4-2)15-6-5-14(21-15)11-8-10(17)9-12(18)16(11)19/h5-6,8-9,13,20H,3-4,7H2,1-2H3. The third-order valence-corrected chi connectivity index (χ3v) is 4.51. The molecule has 1 N–H and O–H groups in total. The molecule has 1 heterocycles. The maximum absolute atomic E-state index is 13.8. The highest BCUT2D eigenvalue weighted by molar-refractivity contribution is 7.15. The zero-order valence-electron chi connectivity index (χ0n) is 12.1. The van der Waals surface area contributed by atoms with Gasteiger partial charge in [0.15, 0.2) is 11.6 Å². The fourth-order valence-corrected chi connectivity index (χ4v) is 3.36. The summed E-state index contributed by atoms with van der Waals surface area (Å²) in [5.41, 5.74) is -0.0194. The number of benzene rings is 1. The molecular formula is C16H18F3NS. The minimum absolute atomic E-state index is 0.0194. The fourth-order valence-electron chi connectivity index (χ4n) is 2.18. The summed E-state index contributed by atoms with van der Waals surface area (Å²) < 4.78 is 40.4. The van der Waals surface area contributed by atoms with Gasteiger partial charge in [0.2, 0.25) is 0 Å². The molecule has 114 valence electrons. The number of nitrogens with one attached hydrogen (secondary N) is 1. The number of halogens is 3. The Labute approximate surface area is 126 Å². The van der Waals surface area contributed by atoms with Gasteiger partial charge in [-0.3, -0.25) is 0 Å². The van der Waals surface area contributed by atoms with Crippen molar-refractivity contribution in [2.24, 2.45) is 0 Å². The summed E-state index contributed by atoms with van der Waals surface area (Å²) in [5, 5.41) is 3.41. The van der Waals surface area contributed by atoms with Crippen LogP contribution in [0.2, 0.25) is 0 Å². The lowest BCUT2D eigenvalue weighted by molar-refractivity contribution is 0.498. The van der Waals surface area contributed by atoms with Crippen molar-refractivity contribution in [2.75, 3.05) is 6.54 Å². The van der Waals surface area contributed by atoms with Gasteiger partial charge in [-0.15, -0.1) is 11.3 Å². The van der Waals surface area contributed by atoms with Crippen LogP contribution in [0.5, 0.6) is 0 Å². The first-order valence-corrected chi connectivity index (χ1v) is 7.86. The molecule has 1 aromatic carbocycles. The quantitative estimate of drug-likeness (QED) is 0.715. The maximum Gasteiger partial charge on any atom is 0.167 e. The molecule has 1 unspecified atom stereocenters. The molecule has 0 saturated heterocycles. The summed E-state index contributed by atoms with van der Waals surface area (Å²) in [7, 11) is 0. The first kappa shape index (κ1) is 16.0. The van der Waals surface area contributed by atoms with E-state index in [1.807, 2.05) is 6.07 Å². The Balaban J connectivity index is 2.31. The molecule has 0 aliphatic heterocycles. The van der Waals surface area contributed by atoms with Crippen molar-refractivity contribution in [3.8, 4) is 10.4 Å². The second kappa shape index (κ2) is 7.09. The van der Waals surface area contributed by atoms with Crippen LogP contribution >= 0.6 is 11.3 Å². The largest absolute Gasteiger partial charge is 0.309 e. The highest BCUT2D eigenvalue weighted by Crippen LogP contribution is 2.35. The van der Waals surface area contributed by atoms with Crippen LogP contribution in [0.1, 0.15) is 37.6 Å². The molecule has 0 saturated carbocycles. The van der Waals surface area contributed by atoms with Crippen molar-refractivity contribution >= 4 is 11.3 Å². The Kier molecular flexibility index (Phi) is 5.42. The smallest absolute Gasteiger partial charge is 0.167 e. The van der Waals surface area contributed by atoms with Crippen molar-refractivity contribution in [2.45, 2.75) is 32.7 Å². The minimum atomic E-state index is -1.16. The summed E-state index contributed by atoms with van der Waals surface area (Å²) in [6.45, 7) is 5.05. The number of hydrogen-bond acceptors (Lipinski definition) is 2. The van der Waals surface area contributed by atoms with Crippen LogP contribution in [-0.4, -0.2) is 6.54 Å². The molecule has 1 atom stereocenters. The zero-order valence-corrected chi connectivity index (χ0v) is 12.9. The van der Waals surface area contributed by atoms with E-state index in [1.165, 1.54) is 11.3 Å². The topological polar surface area (TPSA) is 12.0 Å². The lowest BCUT2D eigenvalue weighted by atomic mass is 10.1. The highest BCUT2D eigenvalue weighted by atomic mass is 32.1. The van der Waals surface area contributed by atoms with Gasteiger partial charge in [-0.1, -0.05) is 13.8 Å². The molecule has 0 fully saturated rings. The molecule has 2 aromatic rings. The van der Waals surface area contributed by atoms with E-state index in [0.29, 0.717) is 10.9 Å². The second-order valence-electron chi connectivity index (χ2n) is 4.87. The van der Waals surface area contributed by atoms with Gasteiger partial charge in [0.1, 0.15) is 5.82 Å².